The van der Waals surface area contributed by atoms with Gasteiger partial charge in [0, 0.05) is 0 Å². The third kappa shape index (κ3) is 4.23. The van der Waals surface area contributed by atoms with Gasteiger partial charge in [-0.15, -0.1) is 0 Å². The van der Waals surface area contributed by atoms with Crippen LogP contribution < -0.4 is 4.74 Å². The van der Waals surface area contributed by atoms with Crippen molar-refractivity contribution in [2.75, 3.05) is 0 Å². The molecule has 2 aliphatic carbocycles. The molecule has 0 amide bonds. The number of rotatable bonds is 4. The summed E-state index contributed by atoms with van der Waals surface area (Å²) in [5.74, 6) is 3.44. The maximum absolute atomic E-state index is 9.99. The van der Waals surface area contributed by atoms with Crippen molar-refractivity contribution in [1.29, 1.82) is 5.26 Å². The zero-order chi connectivity index (χ0) is 21.1. The molecule has 0 bridgehead atoms. The molecule has 0 radical (unpaired) electrons. The number of fused-ring (bicyclic) bond motifs is 1. The highest BCUT2D eigenvalue weighted by Gasteiger charge is 2.34. The highest BCUT2D eigenvalue weighted by Crippen LogP contribution is 2.47. The van der Waals surface area contributed by atoms with E-state index in [-0.39, 0.29) is 6.10 Å². The zero-order valence-electron chi connectivity index (χ0n) is 18.8. The Kier molecular flexibility index (Phi) is 6.67. The lowest BCUT2D eigenvalue weighted by Gasteiger charge is -2.37. The second-order valence-electron chi connectivity index (χ2n) is 10.1. The van der Waals surface area contributed by atoms with Crippen molar-refractivity contribution < 1.29 is 4.74 Å². The molecular weight excluding hydrogens is 368 g/mol. The summed E-state index contributed by atoms with van der Waals surface area (Å²) in [7, 11) is 0. The first kappa shape index (κ1) is 21.2. The fraction of sp³-hybridized carbons (Fsp3) is 0.704. The molecule has 1 atom stereocenters. The van der Waals surface area contributed by atoms with E-state index in [9.17, 15) is 5.26 Å². The molecule has 0 saturated heterocycles. The average Bonchev–Trinajstić information content (AvgIpc) is 2.78. The predicted octanol–water partition coefficient (Wildman–Crippen LogP) is 7.70. The number of hydrogen-bond acceptors (Lipinski definition) is 2. The summed E-state index contributed by atoms with van der Waals surface area (Å²) in [5, 5.41) is 9.99. The quantitative estimate of drug-likeness (QED) is 0.482. The molecule has 160 valence electrons. The Balaban J connectivity index is 1.56. The Morgan fingerprint density at radius 1 is 1.10 bits per heavy atom. The van der Waals surface area contributed by atoms with Crippen molar-refractivity contribution >= 4 is 5.69 Å². The Bertz CT molecular complexity index is 830. The average molecular weight is 405 g/mol. The fourth-order valence-electron chi connectivity index (χ4n) is 6.26. The Morgan fingerprint density at radius 2 is 1.83 bits per heavy atom. The van der Waals surface area contributed by atoms with E-state index < -0.39 is 0 Å². The number of benzene rings is 1. The van der Waals surface area contributed by atoms with Crippen LogP contribution in [0.3, 0.4) is 0 Å². The van der Waals surface area contributed by atoms with E-state index >= 15 is 0 Å². The highest BCUT2D eigenvalue weighted by molar-refractivity contribution is 5.72. The minimum Gasteiger partial charge on any atom is -0.490 e. The molecule has 1 heterocycles. The molecule has 2 fully saturated rings. The van der Waals surface area contributed by atoms with Crippen LogP contribution in [-0.4, -0.2) is 6.10 Å². The first-order valence-electron chi connectivity index (χ1n) is 12.3. The normalized spacial score (nSPS) is 31.1. The molecule has 3 heteroatoms. The molecule has 1 unspecified atom stereocenters. The molecule has 3 nitrogen and oxygen atoms in total. The molecule has 0 spiro atoms. The van der Waals surface area contributed by atoms with Gasteiger partial charge in [-0.25, -0.2) is 4.85 Å². The molecule has 0 N–H and O–H groups in total. The van der Waals surface area contributed by atoms with Gasteiger partial charge in [-0.05, 0) is 73.3 Å². The molecule has 4 rings (SSSR count). The Labute approximate surface area is 182 Å². The van der Waals surface area contributed by atoms with Crippen molar-refractivity contribution in [3.8, 4) is 11.8 Å². The molecule has 0 aromatic heterocycles. The third-order valence-corrected chi connectivity index (χ3v) is 8.12. The minimum absolute atomic E-state index is 0.215. The van der Waals surface area contributed by atoms with Gasteiger partial charge < -0.3 is 4.74 Å². The van der Waals surface area contributed by atoms with E-state index in [0.717, 1.165) is 48.8 Å². The predicted molar refractivity (Wildman–Crippen MR) is 121 cm³/mol. The lowest BCUT2D eigenvalue weighted by molar-refractivity contribution is 0.0756. The van der Waals surface area contributed by atoms with Gasteiger partial charge in [0.1, 0.15) is 17.4 Å². The minimum atomic E-state index is 0.215. The summed E-state index contributed by atoms with van der Waals surface area (Å²) in [5.41, 5.74) is 3.38. The summed E-state index contributed by atoms with van der Waals surface area (Å²) in [6.45, 7) is 12.4. The lowest BCUT2D eigenvalue weighted by Crippen LogP contribution is -2.34. The van der Waals surface area contributed by atoms with E-state index in [1.165, 1.54) is 56.9 Å². The van der Waals surface area contributed by atoms with Gasteiger partial charge in [-0.2, -0.15) is 5.26 Å². The fourth-order valence-corrected chi connectivity index (χ4v) is 6.26. The van der Waals surface area contributed by atoms with E-state index in [0.29, 0.717) is 23.1 Å². The number of ether oxygens (including phenoxy) is 1. The number of hydrogen-bond donors (Lipinski definition) is 0. The standard InChI is InChI=1S/C27H36N2O/c1-4-5-19-8-12-21(13-9-19)25-15-14-22-16-23(20-10-6-18(2)7-11-20)26(29-3)24(17-28)27(22)30-25/h16,18-21,25H,4-15H2,1-2H3. The van der Waals surface area contributed by atoms with Crippen LogP contribution in [0.25, 0.3) is 4.85 Å². The van der Waals surface area contributed by atoms with Gasteiger partial charge in [0.25, 0.3) is 0 Å². The van der Waals surface area contributed by atoms with Crippen LogP contribution in [0.5, 0.6) is 5.75 Å². The number of aryl methyl sites for hydroxylation is 1. The van der Waals surface area contributed by atoms with Crippen molar-refractivity contribution in [2.24, 2.45) is 17.8 Å². The maximum atomic E-state index is 9.99. The summed E-state index contributed by atoms with van der Waals surface area (Å²) in [6.07, 6.45) is 14.8. The molecular formula is C27H36N2O. The van der Waals surface area contributed by atoms with Gasteiger partial charge in [-0.3, -0.25) is 0 Å². The van der Waals surface area contributed by atoms with Crippen molar-refractivity contribution in [1.82, 2.24) is 0 Å². The summed E-state index contributed by atoms with van der Waals surface area (Å²) in [4.78, 5) is 3.86. The van der Waals surface area contributed by atoms with Crippen molar-refractivity contribution in [3.63, 3.8) is 0 Å². The van der Waals surface area contributed by atoms with Crippen LogP contribution in [0.1, 0.15) is 107 Å². The second kappa shape index (κ2) is 9.43. The van der Waals surface area contributed by atoms with Gasteiger partial charge in [-0.1, -0.05) is 58.4 Å². The smallest absolute Gasteiger partial charge is 0.211 e. The van der Waals surface area contributed by atoms with Gasteiger partial charge in [0.2, 0.25) is 5.69 Å². The van der Waals surface area contributed by atoms with E-state index in [4.69, 9.17) is 11.3 Å². The number of nitriles is 1. The zero-order valence-corrected chi connectivity index (χ0v) is 18.8. The molecule has 1 aliphatic heterocycles. The van der Waals surface area contributed by atoms with Gasteiger partial charge in [0.05, 0.1) is 12.6 Å². The molecule has 1 aromatic carbocycles. The van der Waals surface area contributed by atoms with Crippen molar-refractivity contribution in [2.45, 2.75) is 103 Å². The molecule has 2 saturated carbocycles. The third-order valence-electron chi connectivity index (χ3n) is 8.12. The van der Waals surface area contributed by atoms with Crippen LogP contribution in [0.15, 0.2) is 6.07 Å². The molecule has 3 aliphatic rings. The molecule has 30 heavy (non-hydrogen) atoms. The maximum Gasteiger partial charge on any atom is 0.211 e. The Hall–Kier alpha value is -2.00. The van der Waals surface area contributed by atoms with E-state index in [1.807, 2.05) is 0 Å². The topological polar surface area (TPSA) is 37.4 Å². The summed E-state index contributed by atoms with van der Waals surface area (Å²) in [6, 6.07) is 4.61. The molecule has 1 aromatic rings. The largest absolute Gasteiger partial charge is 0.490 e. The Morgan fingerprint density at radius 3 is 2.47 bits per heavy atom. The SMILES string of the molecule is [C-]#[N+]c1c(C2CCC(C)CC2)cc2c(c1C#N)OC(C1CCC(CCC)CC1)CC2. The number of nitrogens with zero attached hydrogens (tertiary/aromatic N) is 2. The van der Waals surface area contributed by atoms with E-state index in [1.54, 1.807) is 0 Å². The van der Waals surface area contributed by atoms with Crippen molar-refractivity contribution in [3.05, 3.63) is 34.2 Å². The van der Waals surface area contributed by atoms with Crippen LogP contribution in [-0.2, 0) is 6.42 Å². The summed E-state index contributed by atoms with van der Waals surface area (Å²) < 4.78 is 6.52. The highest BCUT2D eigenvalue weighted by atomic mass is 16.5. The lowest BCUT2D eigenvalue weighted by atomic mass is 9.75. The first-order valence-corrected chi connectivity index (χ1v) is 12.3. The van der Waals surface area contributed by atoms with E-state index in [2.05, 4.69) is 30.8 Å². The van der Waals surface area contributed by atoms with Crippen LogP contribution in [0.2, 0.25) is 0 Å². The summed E-state index contributed by atoms with van der Waals surface area (Å²) >= 11 is 0. The van der Waals surface area contributed by atoms with Crippen LogP contribution in [0, 0.1) is 35.7 Å². The van der Waals surface area contributed by atoms with Crippen LogP contribution >= 0.6 is 0 Å². The monoisotopic (exact) mass is 404 g/mol. The second-order valence-corrected chi connectivity index (χ2v) is 10.1. The van der Waals surface area contributed by atoms with Gasteiger partial charge in [0.15, 0.2) is 0 Å². The first-order chi connectivity index (χ1) is 14.6. The van der Waals surface area contributed by atoms with Gasteiger partial charge >= 0.3 is 0 Å². The van der Waals surface area contributed by atoms with Crippen LogP contribution in [0.4, 0.5) is 5.69 Å².